The van der Waals surface area contributed by atoms with E-state index in [4.69, 9.17) is 5.73 Å². The lowest BCUT2D eigenvalue weighted by molar-refractivity contribution is -0.117. The van der Waals surface area contributed by atoms with Crippen molar-refractivity contribution in [3.63, 3.8) is 0 Å². The van der Waals surface area contributed by atoms with Crippen molar-refractivity contribution in [3.8, 4) is 0 Å². The second-order valence-corrected chi connectivity index (χ2v) is 3.64. The highest BCUT2D eigenvalue weighted by atomic mass is 16.2. The van der Waals surface area contributed by atoms with Crippen LogP contribution >= 0.6 is 0 Å². The summed E-state index contributed by atoms with van der Waals surface area (Å²) in [5, 5.41) is 10.5. The molecular formula is C11H14N4O. The first kappa shape index (κ1) is 10.6. The molecule has 2 rings (SSSR count). The normalized spacial score (nSPS) is 12.6. The van der Waals surface area contributed by atoms with Gasteiger partial charge in [0.25, 0.3) is 0 Å². The van der Waals surface area contributed by atoms with Gasteiger partial charge in [-0.15, -0.1) is 0 Å². The summed E-state index contributed by atoms with van der Waals surface area (Å²) in [7, 11) is 0. The van der Waals surface area contributed by atoms with E-state index in [0.29, 0.717) is 6.42 Å². The number of hydrogen-bond acceptors (Lipinski definition) is 3. The number of carbonyl (C=O) groups is 1. The van der Waals surface area contributed by atoms with Crippen molar-refractivity contribution in [3.05, 3.63) is 24.4 Å². The van der Waals surface area contributed by atoms with E-state index in [2.05, 4.69) is 15.5 Å². The van der Waals surface area contributed by atoms with Gasteiger partial charge in [0, 0.05) is 5.39 Å². The molecule has 0 fully saturated rings. The molecule has 0 bridgehead atoms. The van der Waals surface area contributed by atoms with Gasteiger partial charge in [0.05, 0.1) is 23.4 Å². The van der Waals surface area contributed by atoms with Crippen molar-refractivity contribution in [2.75, 3.05) is 5.32 Å². The standard InChI is InChI=1S/C11H14N4O/c1-2-8(12)11(16)14-9-4-3-5-10-7(9)6-13-15-10/h3-6,8H,2,12H2,1H3,(H,13,15)(H,14,16). The predicted octanol–water partition coefficient (Wildman–Crippen LogP) is 1.24. The van der Waals surface area contributed by atoms with Crippen molar-refractivity contribution in [2.45, 2.75) is 19.4 Å². The average molecular weight is 218 g/mol. The second kappa shape index (κ2) is 4.32. The zero-order valence-corrected chi connectivity index (χ0v) is 9.03. The van der Waals surface area contributed by atoms with Gasteiger partial charge in [0.15, 0.2) is 0 Å². The highest BCUT2D eigenvalue weighted by Gasteiger charge is 2.12. The molecule has 0 aliphatic carbocycles. The third kappa shape index (κ3) is 1.90. The molecule has 0 saturated carbocycles. The maximum absolute atomic E-state index is 11.6. The number of nitrogens with zero attached hydrogens (tertiary/aromatic N) is 1. The van der Waals surface area contributed by atoms with Crippen LogP contribution in [0.4, 0.5) is 5.69 Å². The first-order chi connectivity index (χ1) is 7.72. The SMILES string of the molecule is CCC(N)C(=O)Nc1cccc2[nH]ncc12. The Kier molecular flexibility index (Phi) is 2.87. The number of aromatic amines is 1. The number of anilines is 1. The van der Waals surface area contributed by atoms with Gasteiger partial charge in [0.2, 0.25) is 5.91 Å². The van der Waals surface area contributed by atoms with Crippen LogP contribution in [0, 0.1) is 0 Å². The fourth-order valence-corrected chi connectivity index (χ4v) is 1.49. The topological polar surface area (TPSA) is 83.8 Å². The minimum Gasteiger partial charge on any atom is -0.324 e. The van der Waals surface area contributed by atoms with E-state index < -0.39 is 6.04 Å². The minimum absolute atomic E-state index is 0.170. The number of nitrogens with two attached hydrogens (primary N) is 1. The van der Waals surface area contributed by atoms with E-state index in [0.717, 1.165) is 16.6 Å². The Labute approximate surface area is 93.0 Å². The zero-order valence-electron chi connectivity index (χ0n) is 9.03. The molecule has 16 heavy (non-hydrogen) atoms. The number of hydrogen-bond donors (Lipinski definition) is 3. The average Bonchev–Trinajstić information content (AvgIpc) is 2.77. The quantitative estimate of drug-likeness (QED) is 0.724. The Morgan fingerprint density at radius 2 is 2.44 bits per heavy atom. The van der Waals surface area contributed by atoms with Crippen molar-refractivity contribution in [2.24, 2.45) is 5.73 Å². The molecule has 1 amide bonds. The molecule has 0 radical (unpaired) electrons. The van der Waals surface area contributed by atoms with Crippen LogP contribution < -0.4 is 11.1 Å². The summed E-state index contributed by atoms with van der Waals surface area (Å²) >= 11 is 0. The van der Waals surface area contributed by atoms with Crippen LogP contribution in [0.3, 0.4) is 0 Å². The van der Waals surface area contributed by atoms with E-state index in [-0.39, 0.29) is 5.91 Å². The molecular weight excluding hydrogens is 204 g/mol. The first-order valence-corrected chi connectivity index (χ1v) is 5.21. The number of fused-ring (bicyclic) bond motifs is 1. The molecule has 0 aliphatic heterocycles. The molecule has 2 aromatic rings. The van der Waals surface area contributed by atoms with Gasteiger partial charge in [-0.1, -0.05) is 13.0 Å². The Bertz CT molecular complexity index is 505. The number of nitrogens with one attached hydrogen (secondary N) is 2. The highest BCUT2D eigenvalue weighted by Crippen LogP contribution is 2.20. The number of amides is 1. The van der Waals surface area contributed by atoms with E-state index >= 15 is 0 Å². The van der Waals surface area contributed by atoms with E-state index in [1.54, 1.807) is 6.20 Å². The van der Waals surface area contributed by atoms with Crippen LogP contribution in [0.15, 0.2) is 24.4 Å². The summed E-state index contributed by atoms with van der Waals surface area (Å²) in [4.78, 5) is 11.6. The Morgan fingerprint density at radius 1 is 1.62 bits per heavy atom. The lowest BCUT2D eigenvalue weighted by Gasteiger charge is -2.10. The molecule has 1 aromatic heterocycles. The predicted molar refractivity (Wildman–Crippen MR) is 63.0 cm³/mol. The van der Waals surface area contributed by atoms with Crippen molar-refractivity contribution >= 4 is 22.5 Å². The van der Waals surface area contributed by atoms with Crippen LogP contribution in [0.25, 0.3) is 10.9 Å². The smallest absolute Gasteiger partial charge is 0.241 e. The van der Waals surface area contributed by atoms with Crippen LogP contribution in [0.2, 0.25) is 0 Å². The number of H-pyrrole nitrogens is 1. The van der Waals surface area contributed by atoms with Gasteiger partial charge in [-0.05, 0) is 18.6 Å². The van der Waals surface area contributed by atoms with Crippen molar-refractivity contribution in [1.82, 2.24) is 10.2 Å². The first-order valence-electron chi connectivity index (χ1n) is 5.21. The van der Waals surface area contributed by atoms with Crippen LogP contribution in [0.5, 0.6) is 0 Å². The van der Waals surface area contributed by atoms with Gasteiger partial charge >= 0.3 is 0 Å². The van der Waals surface area contributed by atoms with Crippen molar-refractivity contribution < 1.29 is 4.79 Å². The third-order valence-corrected chi connectivity index (χ3v) is 2.52. The van der Waals surface area contributed by atoms with Crippen molar-refractivity contribution in [1.29, 1.82) is 0 Å². The minimum atomic E-state index is -0.470. The van der Waals surface area contributed by atoms with Gasteiger partial charge in [-0.25, -0.2) is 0 Å². The number of carbonyl (C=O) groups excluding carboxylic acids is 1. The van der Waals surface area contributed by atoms with Gasteiger partial charge in [-0.3, -0.25) is 9.89 Å². The van der Waals surface area contributed by atoms with Crippen LogP contribution in [0.1, 0.15) is 13.3 Å². The molecule has 4 N–H and O–H groups in total. The maximum atomic E-state index is 11.6. The van der Waals surface area contributed by atoms with E-state index in [1.165, 1.54) is 0 Å². The molecule has 1 heterocycles. The van der Waals surface area contributed by atoms with Crippen LogP contribution in [-0.4, -0.2) is 22.1 Å². The molecule has 84 valence electrons. The zero-order chi connectivity index (χ0) is 11.5. The lowest BCUT2D eigenvalue weighted by atomic mass is 10.2. The molecule has 1 unspecified atom stereocenters. The Balaban J connectivity index is 2.27. The summed E-state index contributed by atoms with van der Waals surface area (Å²) in [5.74, 6) is -0.170. The molecule has 1 atom stereocenters. The third-order valence-electron chi connectivity index (χ3n) is 2.52. The Morgan fingerprint density at radius 3 is 3.19 bits per heavy atom. The fraction of sp³-hybridized carbons (Fsp3) is 0.273. The van der Waals surface area contributed by atoms with Crippen LogP contribution in [-0.2, 0) is 4.79 Å². The second-order valence-electron chi connectivity index (χ2n) is 3.64. The molecule has 0 aliphatic rings. The highest BCUT2D eigenvalue weighted by molar-refractivity contribution is 6.02. The Hall–Kier alpha value is -1.88. The number of aromatic nitrogens is 2. The number of rotatable bonds is 3. The largest absolute Gasteiger partial charge is 0.324 e. The lowest BCUT2D eigenvalue weighted by Crippen LogP contribution is -2.34. The molecule has 0 spiro atoms. The number of benzene rings is 1. The summed E-state index contributed by atoms with van der Waals surface area (Å²) in [5.41, 5.74) is 7.28. The summed E-state index contributed by atoms with van der Waals surface area (Å²) in [6.45, 7) is 1.88. The van der Waals surface area contributed by atoms with Gasteiger partial charge < -0.3 is 11.1 Å². The van der Waals surface area contributed by atoms with E-state index in [1.807, 2.05) is 25.1 Å². The molecule has 0 saturated heterocycles. The maximum Gasteiger partial charge on any atom is 0.241 e. The summed E-state index contributed by atoms with van der Waals surface area (Å²) < 4.78 is 0. The summed E-state index contributed by atoms with van der Waals surface area (Å²) in [6.07, 6.45) is 2.30. The molecule has 5 heteroatoms. The monoisotopic (exact) mass is 218 g/mol. The van der Waals surface area contributed by atoms with Gasteiger partial charge in [0.1, 0.15) is 0 Å². The van der Waals surface area contributed by atoms with Gasteiger partial charge in [-0.2, -0.15) is 5.10 Å². The molecule has 5 nitrogen and oxygen atoms in total. The fourth-order valence-electron chi connectivity index (χ4n) is 1.49. The van der Waals surface area contributed by atoms with E-state index in [9.17, 15) is 4.79 Å². The molecule has 1 aromatic carbocycles. The summed E-state index contributed by atoms with van der Waals surface area (Å²) in [6, 6.07) is 5.12.